The SMILES string of the molecule is [N-]=[N+]=Nc1ccn(C2OC(CO)C(O)C2O)c(=O)n1. The fourth-order valence-corrected chi connectivity index (χ4v) is 1.81. The van der Waals surface area contributed by atoms with E-state index in [1.54, 1.807) is 0 Å². The van der Waals surface area contributed by atoms with Gasteiger partial charge in [-0.2, -0.15) is 4.98 Å². The van der Waals surface area contributed by atoms with E-state index in [2.05, 4.69) is 15.0 Å². The summed E-state index contributed by atoms with van der Waals surface area (Å²) in [6.45, 7) is -0.492. The van der Waals surface area contributed by atoms with Crippen LogP contribution in [0.4, 0.5) is 5.82 Å². The van der Waals surface area contributed by atoms with Crippen molar-refractivity contribution >= 4 is 5.82 Å². The van der Waals surface area contributed by atoms with Gasteiger partial charge in [-0.1, -0.05) is 0 Å². The van der Waals surface area contributed by atoms with Gasteiger partial charge in [0.1, 0.15) is 24.1 Å². The minimum Gasteiger partial charge on any atom is -0.394 e. The Kier molecular flexibility index (Phi) is 3.79. The molecule has 4 atom stereocenters. The van der Waals surface area contributed by atoms with E-state index in [-0.39, 0.29) is 5.82 Å². The van der Waals surface area contributed by atoms with Gasteiger partial charge in [0.15, 0.2) is 6.23 Å². The molecule has 0 amide bonds. The first-order valence-electron chi connectivity index (χ1n) is 5.35. The Morgan fingerprint density at radius 3 is 2.79 bits per heavy atom. The normalized spacial score (nSPS) is 30.1. The minimum atomic E-state index is -1.37. The summed E-state index contributed by atoms with van der Waals surface area (Å²) in [6.07, 6.45) is -3.60. The van der Waals surface area contributed by atoms with Crippen molar-refractivity contribution in [3.8, 4) is 0 Å². The predicted octanol–water partition coefficient (Wildman–Crippen LogP) is -1.20. The number of hydrogen-bond acceptors (Lipinski definition) is 7. The molecule has 1 fully saturated rings. The van der Waals surface area contributed by atoms with Crippen LogP contribution in [0.3, 0.4) is 0 Å². The predicted molar refractivity (Wildman–Crippen MR) is 60.3 cm³/mol. The van der Waals surface area contributed by atoms with Gasteiger partial charge >= 0.3 is 5.69 Å². The minimum absolute atomic E-state index is 0.115. The Bertz CT molecular complexity index is 568. The van der Waals surface area contributed by atoms with Gasteiger partial charge in [-0.05, 0) is 16.7 Å². The molecule has 1 aromatic heterocycles. The number of nitrogens with zero attached hydrogens (tertiary/aromatic N) is 5. The van der Waals surface area contributed by atoms with Crippen LogP contribution < -0.4 is 5.69 Å². The lowest BCUT2D eigenvalue weighted by Gasteiger charge is -2.16. The van der Waals surface area contributed by atoms with Gasteiger partial charge in [0, 0.05) is 11.1 Å². The highest BCUT2D eigenvalue weighted by Crippen LogP contribution is 2.28. The average Bonchev–Trinajstić information content (AvgIpc) is 2.67. The zero-order chi connectivity index (χ0) is 14.0. The Morgan fingerprint density at radius 1 is 1.53 bits per heavy atom. The van der Waals surface area contributed by atoms with E-state index in [1.165, 1.54) is 12.3 Å². The number of hydrogen-bond donors (Lipinski definition) is 3. The number of aliphatic hydroxyl groups is 3. The molecule has 10 nitrogen and oxygen atoms in total. The van der Waals surface area contributed by atoms with Crippen LogP contribution in [0.1, 0.15) is 6.23 Å². The van der Waals surface area contributed by atoms with Gasteiger partial charge in [0.25, 0.3) is 0 Å². The van der Waals surface area contributed by atoms with Crippen molar-refractivity contribution in [3.63, 3.8) is 0 Å². The first kappa shape index (κ1) is 13.5. The molecule has 0 aliphatic carbocycles. The van der Waals surface area contributed by atoms with Gasteiger partial charge < -0.3 is 20.1 Å². The highest BCUT2D eigenvalue weighted by atomic mass is 16.6. The maximum Gasteiger partial charge on any atom is 0.350 e. The third kappa shape index (κ3) is 2.43. The van der Waals surface area contributed by atoms with E-state index >= 15 is 0 Å². The van der Waals surface area contributed by atoms with E-state index in [9.17, 15) is 15.0 Å². The lowest BCUT2D eigenvalue weighted by atomic mass is 10.1. The molecule has 1 aromatic rings. The largest absolute Gasteiger partial charge is 0.394 e. The fourth-order valence-electron chi connectivity index (χ4n) is 1.81. The molecule has 3 N–H and O–H groups in total. The number of aliphatic hydroxyl groups excluding tert-OH is 3. The van der Waals surface area contributed by atoms with Crippen LogP contribution in [0.15, 0.2) is 22.2 Å². The molecule has 1 saturated heterocycles. The summed E-state index contributed by atoms with van der Waals surface area (Å²) in [5.41, 5.74) is 7.41. The molecule has 1 aliphatic rings. The van der Waals surface area contributed by atoms with E-state index in [0.717, 1.165) is 4.57 Å². The molecule has 19 heavy (non-hydrogen) atoms. The number of aromatic nitrogens is 2. The van der Waals surface area contributed by atoms with E-state index in [0.29, 0.717) is 0 Å². The quantitative estimate of drug-likeness (QED) is 0.355. The summed E-state index contributed by atoms with van der Waals surface area (Å²) >= 11 is 0. The maximum atomic E-state index is 11.7. The second kappa shape index (κ2) is 5.34. The summed E-state index contributed by atoms with van der Waals surface area (Å²) in [4.78, 5) is 17.6. The monoisotopic (exact) mass is 269 g/mol. The Balaban J connectivity index is 2.33. The van der Waals surface area contributed by atoms with Crippen LogP contribution in [-0.2, 0) is 4.74 Å². The van der Waals surface area contributed by atoms with Crippen molar-refractivity contribution in [2.75, 3.05) is 6.61 Å². The third-order valence-electron chi connectivity index (χ3n) is 2.75. The first-order valence-corrected chi connectivity index (χ1v) is 5.35. The van der Waals surface area contributed by atoms with Crippen LogP contribution in [-0.4, -0.2) is 49.8 Å². The van der Waals surface area contributed by atoms with E-state index < -0.39 is 36.8 Å². The summed E-state index contributed by atoms with van der Waals surface area (Å²) in [5.74, 6) is -0.115. The zero-order valence-corrected chi connectivity index (χ0v) is 9.57. The molecule has 1 aliphatic heterocycles. The molecular weight excluding hydrogens is 258 g/mol. The van der Waals surface area contributed by atoms with Crippen molar-refractivity contribution in [1.29, 1.82) is 0 Å². The highest BCUT2D eigenvalue weighted by molar-refractivity contribution is 5.23. The standard InChI is InChI=1S/C9H11N5O5/c10-13-12-5-1-2-14(9(18)11-5)8-7(17)6(16)4(3-15)19-8/h1-2,4,6-8,15-17H,3H2. The van der Waals surface area contributed by atoms with E-state index in [4.69, 9.17) is 15.4 Å². The maximum absolute atomic E-state index is 11.7. The molecular formula is C9H11N5O5. The molecule has 0 spiro atoms. The second-order valence-corrected chi connectivity index (χ2v) is 3.89. The summed E-state index contributed by atoms with van der Waals surface area (Å²) < 4.78 is 6.12. The summed E-state index contributed by atoms with van der Waals surface area (Å²) in [6, 6.07) is 1.26. The van der Waals surface area contributed by atoms with Crippen LogP contribution in [0.2, 0.25) is 0 Å². The second-order valence-electron chi connectivity index (χ2n) is 3.89. The summed E-state index contributed by atoms with van der Waals surface area (Å²) in [7, 11) is 0. The number of rotatable bonds is 3. The lowest BCUT2D eigenvalue weighted by molar-refractivity contribution is -0.0549. The number of ether oxygens (including phenoxy) is 1. The third-order valence-corrected chi connectivity index (χ3v) is 2.75. The van der Waals surface area contributed by atoms with Crippen LogP contribution in [0.5, 0.6) is 0 Å². The van der Waals surface area contributed by atoms with Crippen LogP contribution in [0.25, 0.3) is 10.4 Å². The van der Waals surface area contributed by atoms with Crippen LogP contribution >= 0.6 is 0 Å². The van der Waals surface area contributed by atoms with Crippen molar-refractivity contribution < 1.29 is 20.1 Å². The molecule has 0 bridgehead atoms. The molecule has 0 radical (unpaired) electrons. The molecule has 2 heterocycles. The molecule has 2 rings (SSSR count). The summed E-state index contributed by atoms with van der Waals surface area (Å²) in [5, 5.41) is 31.4. The zero-order valence-electron chi connectivity index (χ0n) is 9.57. The molecule has 0 saturated carbocycles. The van der Waals surface area contributed by atoms with Crippen molar-refractivity contribution in [1.82, 2.24) is 9.55 Å². The smallest absolute Gasteiger partial charge is 0.350 e. The molecule has 102 valence electrons. The van der Waals surface area contributed by atoms with E-state index in [1.807, 2.05) is 0 Å². The van der Waals surface area contributed by atoms with Crippen molar-refractivity contribution in [3.05, 3.63) is 33.2 Å². The van der Waals surface area contributed by atoms with Crippen LogP contribution in [0, 0.1) is 0 Å². The Labute approximate surface area is 106 Å². The average molecular weight is 269 g/mol. The van der Waals surface area contributed by atoms with Crippen molar-refractivity contribution in [2.24, 2.45) is 5.11 Å². The van der Waals surface area contributed by atoms with Gasteiger partial charge in [-0.15, -0.1) is 0 Å². The molecule has 4 unspecified atom stereocenters. The van der Waals surface area contributed by atoms with Gasteiger partial charge in [-0.3, -0.25) is 4.57 Å². The molecule has 0 aromatic carbocycles. The highest BCUT2D eigenvalue weighted by Gasteiger charge is 2.43. The van der Waals surface area contributed by atoms with Gasteiger partial charge in [0.2, 0.25) is 0 Å². The Hall–Kier alpha value is -1.97. The molecule has 10 heteroatoms. The van der Waals surface area contributed by atoms with Crippen molar-refractivity contribution in [2.45, 2.75) is 24.5 Å². The van der Waals surface area contributed by atoms with Gasteiger partial charge in [0.05, 0.1) is 6.61 Å². The lowest BCUT2D eigenvalue weighted by Crippen LogP contribution is -2.35. The fraction of sp³-hybridized carbons (Fsp3) is 0.556. The first-order chi connectivity index (χ1) is 9.08. The van der Waals surface area contributed by atoms with Gasteiger partial charge in [-0.25, -0.2) is 4.79 Å². The topological polar surface area (TPSA) is 154 Å². The number of azide groups is 1. The Morgan fingerprint density at radius 2 is 2.26 bits per heavy atom.